The van der Waals surface area contributed by atoms with Crippen LogP contribution >= 0.6 is 11.3 Å². The van der Waals surface area contributed by atoms with Crippen molar-refractivity contribution in [2.24, 2.45) is 5.92 Å². The molecule has 3 heterocycles. The summed E-state index contributed by atoms with van der Waals surface area (Å²) in [6.45, 7) is 4.32. The van der Waals surface area contributed by atoms with Gasteiger partial charge < -0.3 is 14.6 Å². The molecule has 1 aliphatic carbocycles. The number of hydrogen-bond acceptors (Lipinski definition) is 6. The minimum atomic E-state index is -0.167. The van der Waals surface area contributed by atoms with Gasteiger partial charge in [-0.15, -0.1) is 21.5 Å². The molecule has 2 aliphatic rings. The van der Waals surface area contributed by atoms with Crippen molar-refractivity contribution in [1.29, 1.82) is 0 Å². The lowest BCUT2D eigenvalue weighted by Gasteiger charge is -2.21. The number of nitrogens with zero attached hydrogens (tertiary/aromatic N) is 3. The fraction of sp³-hybridized carbons (Fsp3) is 0.529. The average molecular weight is 360 g/mol. The van der Waals surface area contributed by atoms with Crippen LogP contribution in [0.4, 0.5) is 5.00 Å². The lowest BCUT2D eigenvalue weighted by atomic mass is 10.2. The predicted octanol–water partition coefficient (Wildman–Crippen LogP) is 3.07. The fourth-order valence-corrected chi connectivity index (χ4v) is 4.20. The fourth-order valence-electron chi connectivity index (χ4n) is 3.17. The van der Waals surface area contributed by atoms with Crippen molar-refractivity contribution in [3.05, 3.63) is 28.3 Å². The van der Waals surface area contributed by atoms with Gasteiger partial charge in [-0.05, 0) is 44.2 Å². The smallest absolute Gasteiger partial charge is 0.264 e. The third-order valence-corrected chi connectivity index (χ3v) is 5.79. The summed E-state index contributed by atoms with van der Waals surface area (Å²) in [6, 6.07) is 1.71. The first-order valence-electron chi connectivity index (χ1n) is 8.55. The Morgan fingerprint density at radius 1 is 1.28 bits per heavy atom. The monoisotopic (exact) mass is 360 g/mol. The maximum Gasteiger partial charge on any atom is 0.264 e. The van der Waals surface area contributed by atoms with E-state index < -0.39 is 0 Å². The number of aryl methyl sites for hydroxylation is 2. The average Bonchev–Trinajstić information content (AvgIpc) is 2.99. The van der Waals surface area contributed by atoms with Gasteiger partial charge in [0.15, 0.2) is 0 Å². The zero-order chi connectivity index (χ0) is 17.6. The van der Waals surface area contributed by atoms with Crippen LogP contribution in [0.5, 0.6) is 0 Å². The van der Waals surface area contributed by atoms with Crippen molar-refractivity contribution < 1.29 is 14.0 Å². The summed E-state index contributed by atoms with van der Waals surface area (Å²) < 4.78 is 5.54. The molecule has 7 nitrogen and oxygen atoms in total. The minimum Gasteiger partial charge on any atom is -0.423 e. The van der Waals surface area contributed by atoms with Crippen LogP contribution in [0.15, 0.2) is 10.5 Å². The molecule has 2 amide bonds. The van der Waals surface area contributed by atoms with E-state index in [9.17, 15) is 9.59 Å². The van der Waals surface area contributed by atoms with Gasteiger partial charge in [0.2, 0.25) is 17.7 Å². The Kier molecular flexibility index (Phi) is 4.07. The summed E-state index contributed by atoms with van der Waals surface area (Å²) in [5.74, 6) is 1.17. The molecule has 1 saturated carbocycles. The third-order valence-electron chi connectivity index (χ3n) is 4.65. The summed E-state index contributed by atoms with van der Waals surface area (Å²) in [5.41, 5.74) is 0.883. The summed E-state index contributed by atoms with van der Waals surface area (Å²) in [5, 5.41) is 11.6. The van der Waals surface area contributed by atoms with E-state index in [4.69, 9.17) is 4.42 Å². The zero-order valence-electron chi connectivity index (χ0n) is 14.2. The molecule has 1 N–H and O–H groups in total. The van der Waals surface area contributed by atoms with Crippen molar-refractivity contribution >= 4 is 28.2 Å². The molecule has 0 spiro atoms. The van der Waals surface area contributed by atoms with Gasteiger partial charge in [0, 0.05) is 19.4 Å². The predicted molar refractivity (Wildman–Crippen MR) is 92.5 cm³/mol. The Morgan fingerprint density at radius 2 is 2.08 bits per heavy atom. The molecule has 25 heavy (non-hydrogen) atoms. The Bertz CT molecular complexity index is 824. The van der Waals surface area contributed by atoms with Crippen LogP contribution < -0.4 is 5.32 Å². The maximum atomic E-state index is 13.0. The van der Waals surface area contributed by atoms with Gasteiger partial charge in [-0.2, -0.15) is 0 Å². The van der Waals surface area contributed by atoms with Crippen LogP contribution in [0.25, 0.3) is 0 Å². The second-order valence-electron chi connectivity index (χ2n) is 6.70. The molecule has 0 aromatic carbocycles. The number of rotatable bonds is 4. The maximum absolute atomic E-state index is 13.0. The van der Waals surface area contributed by atoms with Gasteiger partial charge in [0.25, 0.3) is 5.91 Å². The Labute approximate surface area is 149 Å². The third kappa shape index (κ3) is 3.18. The zero-order valence-corrected chi connectivity index (χ0v) is 15.1. The van der Waals surface area contributed by atoms with Gasteiger partial charge >= 0.3 is 0 Å². The summed E-state index contributed by atoms with van der Waals surface area (Å²) in [7, 11) is 0. The number of carbonyl (C=O) groups is 2. The Morgan fingerprint density at radius 3 is 2.76 bits per heavy atom. The number of anilines is 1. The highest BCUT2D eigenvalue weighted by Crippen LogP contribution is 2.36. The number of nitrogens with one attached hydrogen (secondary N) is 1. The summed E-state index contributed by atoms with van der Waals surface area (Å²) in [4.78, 5) is 27.4. The Balaban J connectivity index is 1.53. The summed E-state index contributed by atoms with van der Waals surface area (Å²) >= 11 is 1.34. The number of likely N-dealkylation sites (tertiary alicyclic amines) is 1. The lowest BCUT2D eigenvalue weighted by Crippen LogP contribution is -2.30. The first-order chi connectivity index (χ1) is 12.0. The van der Waals surface area contributed by atoms with Crippen LogP contribution in [0.3, 0.4) is 0 Å². The lowest BCUT2D eigenvalue weighted by molar-refractivity contribution is -0.117. The highest BCUT2D eigenvalue weighted by atomic mass is 32.1. The van der Waals surface area contributed by atoms with Crippen LogP contribution in [-0.4, -0.2) is 33.5 Å². The van der Waals surface area contributed by atoms with Crippen LogP contribution in [-0.2, 0) is 4.79 Å². The van der Waals surface area contributed by atoms with E-state index in [-0.39, 0.29) is 23.8 Å². The number of carbonyl (C=O) groups excluding carboxylic acids is 2. The molecule has 2 aromatic rings. The van der Waals surface area contributed by atoms with Crippen molar-refractivity contribution in [1.82, 2.24) is 15.1 Å². The van der Waals surface area contributed by atoms with Crippen molar-refractivity contribution in [3.8, 4) is 0 Å². The van der Waals surface area contributed by atoms with Crippen molar-refractivity contribution in [3.63, 3.8) is 0 Å². The van der Waals surface area contributed by atoms with Gasteiger partial charge in [0.1, 0.15) is 6.04 Å². The van der Waals surface area contributed by atoms with E-state index >= 15 is 0 Å². The van der Waals surface area contributed by atoms with Crippen molar-refractivity contribution in [2.75, 3.05) is 11.9 Å². The summed E-state index contributed by atoms with van der Waals surface area (Å²) in [6.07, 6.45) is 3.65. The normalized spacial score (nSPS) is 20.1. The molecule has 0 radical (unpaired) electrons. The van der Waals surface area contributed by atoms with Gasteiger partial charge in [-0.3, -0.25) is 9.59 Å². The first kappa shape index (κ1) is 16.3. The van der Waals surface area contributed by atoms with Crippen LogP contribution in [0.1, 0.15) is 58.7 Å². The van der Waals surface area contributed by atoms with E-state index in [1.807, 2.05) is 13.0 Å². The standard InChI is InChI=1S/C17H20N4O3S/c1-9-8-13(18-15(22)11-5-6-11)25-14(9)17(23)21-7-3-4-12(21)16-20-19-10(2)24-16/h8,11-12H,3-7H2,1-2H3,(H,18,22)/t12-/m0/s1. The largest absolute Gasteiger partial charge is 0.423 e. The van der Waals surface area contributed by atoms with Crippen LogP contribution in [0, 0.1) is 19.8 Å². The SMILES string of the molecule is Cc1nnc([C@@H]2CCCN2C(=O)c2sc(NC(=O)C3CC3)cc2C)o1. The molecule has 8 heteroatoms. The molecular formula is C17H20N4O3S. The van der Waals surface area contributed by atoms with E-state index in [1.165, 1.54) is 11.3 Å². The van der Waals surface area contributed by atoms with E-state index in [0.29, 0.717) is 23.2 Å². The molecule has 1 saturated heterocycles. The molecule has 1 atom stereocenters. The van der Waals surface area contributed by atoms with Gasteiger partial charge in [-0.1, -0.05) is 0 Å². The second kappa shape index (κ2) is 6.25. The number of thiophene rings is 1. The van der Waals surface area contributed by atoms with Crippen LogP contribution in [0.2, 0.25) is 0 Å². The second-order valence-corrected chi connectivity index (χ2v) is 7.75. The van der Waals surface area contributed by atoms with Gasteiger partial charge in [-0.25, -0.2) is 0 Å². The molecule has 1 aliphatic heterocycles. The molecule has 2 fully saturated rings. The molecule has 0 unspecified atom stereocenters. The van der Waals surface area contributed by atoms with Gasteiger partial charge in [0.05, 0.1) is 9.88 Å². The number of hydrogen-bond donors (Lipinski definition) is 1. The molecule has 132 valence electrons. The highest BCUT2D eigenvalue weighted by molar-refractivity contribution is 7.18. The highest BCUT2D eigenvalue weighted by Gasteiger charge is 2.36. The molecule has 4 rings (SSSR count). The molecular weight excluding hydrogens is 340 g/mol. The van der Waals surface area contributed by atoms with E-state index in [1.54, 1.807) is 11.8 Å². The number of aromatic nitrogens is 2. The molecule has 2 aromatic heterocycles. The topological polar surface area (TPSA) is 88.3 Å². The van der Waals surface area contributed by atoms with Crippen molar-refractivity contribution in [2.45, 2.75) is 45.6 Å². The minimum absolute atomic E-state index is 0.0345. The first-order valence-corrected chi connectivity index (χ1v) is 9.37. The Hall–Kier alpha value is -2.22. The molecule has 0 bridgehead atoms. The van der Waals surface area contributed by atoms with E-state index in [2.05, 4.69) is 15.5 Å². The van der Waals surface area contributed by atoms with E-state index in [0.717, 1.165) is 36.2 Å². The number of amides is 2. The quantitative estimate of drug-likeness (QED) is 0.905.